The van der Waals surface area contributed by atoms with Crippen molar-refractivity contribution >= 4 is 22.8 Å². The Labute approximate surface area is 124 Å². The first kappa shape index (κ1) is 15.5. The number of aromatic nitrogens is 1. The molecule has 1 aromatic heterocycles. The summed E-state index contributed by atoms with van der Waals surface area (Å²) in [6.07, 6.45) is 0. The minimum Gasteiger partial charge on any atom is -0.351 e. The molecule has 2 rings (SSSR count). The standard InChI is InChI=1S/C14H15FN4O3/c1-19(14(16)22)7-12(20)17-6-9-4-8-2-3-10(15)5-11(8)18-13(9)21/h2-5H,6-7H2,1H3,(H2,16,22)(H,17,20)(H,18,21). The van der Waals surface area contributed by atoms with Gasteiger partial charge in [-0.05, 0) is 29.7 Å². The van der Waals surface area contributed by atoms with Crippen LogP contribution in [0.1, 0.15) is 5.56 Å². The Balaban J connectivity index is 2.10. The molecule has 1 aromatic carbocycles. The van der Waals surface area contributed by atoms with Crippen molar-refractivity contribution in [1.29, 1.82) is 0 Å². The van der Waals surface area contributed by atoms with Gasteiger partial charge in [0, 0.05) is 19.2 Å². The highest BCUT2D eigenvalue weighted by atomic mass is 19.1. The van der Waals surface area contributed by atoms with Crippen LogP contribution in [0.3, 0.4) is 0 Å². The molecular weight excluding hydrogens is 291 g/mol. The van der Waals surface area contributed by atoms with Gasteiger partial charge in [-0.3, -0.25) is 9.59 Å². The molecule has 4 N–H and O–H groups in total. The Bertz CT molecular complexity index is 787. The predicted octanol–water partition coefficient (Wildman–Crippen LogP) is 0.294. The lowest BCUT2D eigenvalue weighted by atomic mass is 10.1. The Morgan fingerprint density at radius 3 is 2.77 bits per heavy atom. The average molecular weight is 306 g/mol. The summed E-state index contributed by atoms with van der Waals surface area (Å²) >= 11 is 0. The summed E-state index contributed by atoms with van der Waals surface area (Å²) in [6.45, 7) is -0.208. The molecule has 116 valence electrons. The van der Waals surface area contributed by atoms with Gasteiger partial charge in [-0.2, -0.15) is 0 Å². The van der Waals surface area contributed by atoms with E-state index in [1.54, 1.807) is 6.07 Å². The number of benzene rings is 1. The second kappa shape index (κ2) is 6.25. The predicted molar refractivity (Wildman–Crippen MR) is 78.6 cm³/mol. The van der Waals surface area contributed by atoms with Gasteiger partial charge >= 0.3 is 6.03 Å². The highest BCUT2D eigenvalue weighted by Crippen LogP contribution is 2.12. The molecule has 0 aliphatic rings. The van der Waals surface area contributed by atoms with E-state index in [1.807, 2.05) is 0 Å². The molecule has 8 heteroatoms. The summed E-state index contributed by atoms with van der Waals surface area (Å²) in [5, 5.41) is 3.17. The number of hydrogen-bond donors (Lipinski definition) is 3. The van der Waals surface area contributed by atoms with Crippen molar-refractivity contribution in [2.75, 3.05) is 13.6 Å². The zero-order valence-corrected chi connectivity index (χ0v) is 11.9. The maximum Gasteiger partial charge on any atom is 0.314 e. The number of urea groups is 1. The molecule has 2 aromatic rings. The Morgan fingerprint density at radius 2 is 2.09 bits per heavy atom. The first-order chi connectivity index (χ1) is 10.4. The van der Waals surface area contributed by atoms with Crippen LogP contribution >= 0.6 is 0 Å². The number of aromatic amines is 1. The van der Waals surface area contributed by atoms with E-state index in [1.165, 1.54) is 25.2 Å². The number of nitrogens with one attached hydrogen (secondary N) is 2. The van der Waals surface area contributed by atoms with Gasteiger partial charge in [-0.25, -0.2) is 9.18 Å². The SMILES string of the molecule is CN(CC(=O)NCc1cc2ccc(F)cc2[nH]c1=O)C(N)=O. The number of H-pyrrole nitrogens is 1. The number of halogens is 1. The quantitative estimate of drug-likeness (QED) is 0.755. The van der Waals surface area contributed by atoms with E-state index in [0.717, 1.165) is 4.90 Å². The van der Waals surface area contributed by atoms with Crippen LogP contribution in [0.2, 0.25) is 0 Å². The highest BCUT2D eigenvalue weighted by molar-refractivity contribution is 5.83. The zero-order chi connectivity index (χ0) is 16.3. The van der Waals surface area contributed by atoms with Crippen LogP contribution in [0, 0.1) is 5.82 Å². The minimum absolute atomic E-state index is 0.00587. The first-order valence-corrected chi connectivity index (χ1v) is 6.45. The topological polar surface area (TPSA) is 108 Å². The third-order valence-electron chi connectivity index (χ3n) is 3.12. The van der Waals surface area contributed by atoms with Gasteiger partial charge in [-0.15, -0.1) is 0 Å². The third-order valence-corrected chi connectivity index (χ3v) is 3.12. The van der Waals surface area contributed by atoms with Crippen molar-refractivity contribution < 1.29 is 14.0 Å². The van der Waals surface area contributed by atoms with E-state index in [4.69, 9.17) is 5.73 Å². The van der Waals surface area contributed by atoms with Crippen LogP contribution in [0.15, 0.2) is 29.1 Å². The number of fused-ring (bicyclic) bond motifs is 1. The summed E-state index contributed by atoms with van der Waals surface area (Å²) in [5.41, 5.74) is 5.31. The molecule has 0 saturated carbocycles. The number of rotatable bonds is 4. The van der Waals surface area contributed by atoms with Crippen LogP contribution in [-0.2, 0) is 11.3 Å². The van der Waals surface area contributed by atoms with E-state index in [2.05, 4.69) is 10.3 Å². The molecule has 22 heavy (non-hydrogen) atoms. The van der Waals surface area contributed by atoms with Gasteiger partial charge in [0.05, 0.1) is 5.52 Å². The van der Waals surface area contributed by atoms with Gasteiger partial charge in [-0.1, -0.05) is 0 Å². The number of primary amides is 1. The lowest BCUT2D eigenvalue weighted by Crippen LogP contribution is -2.41. The van der Waals surface area contributed by atoms with Crippen LogP contribution in [0.4, 0.5) is 9.18 Å². The number of pyridine rings is 1. The summed E-state index contributed by atoms with van der Waals surface area (Å²) < 4.78 is 13.1. The van der Waals surface area contributed by atoms with E-state index >= 15 is 0 Å². The number of likely N-dealkylation sites (N-methyl/N-ethyl adjacent to an activating group) is 1. The molecule has 0 unspecified atom stereocenters. The lowest BCUT2D eigenvalue weighted by molar-refractivity contribution is -0.121. The smallest absolute Gasteiger partial charge is 0.314 e. The Kier molecular flexibility index (Phi) is 4.40. The molecule has 1 heterocycles. The van der Waals surface area contributed by atoms with Crippen LogP contribution < -0.4 is 16.6 Å². The van der Waals surface area contributed by atoms with Gasteiger partial charge in [0.1, 0.15) is 12.4 Å². The number of nitrogens with zero attached hydrogens (tertiary/aromatic N) is 1. The van der Waals surface area contributed by atoms with Crippen molar-refractivity contribution in [3.8, 4) is 0 Å². The van der Waals surface area contributed by atoms with Crippen molar-refractivity contribution in [2.24, 2.45) is 5.73 Å². The molecule has 0 bridgehead atoms. The molecule has 0 aliphatic carbocycles. The summed E-state index contributed by atoms with van der Waals surface area (Å²) in [5.74, 6) is -0.890. The van der Waals surface area contributed by atoms with E-state index in [0.29, 0.717) is 16.5 Å². The number of nitrogens with two attached hydrogens (primary N) is 1. The van der Waals surface area contributed by atoms with Gasteiger partial charge < -0.3 is 20.9 Å². The first-order valence-electron chi connectivity index (χ1n) is 6.45. The van der Waals surface area contributed by atoms with E-state index in [-0.39, 0.29) is 13.1 Å². The molecular formula is C14H15FN4O3. The molecule has 3 amide bonds. The summed E-state index contributed by atoms with van der Waals surface area (Å²) in [7, 11) is 1.39. The van der Waals surface area contributed by atoms with Crippen molar-refractivity contribution in [3.05, 3.63) is 46.0 Å². The molecule has 0 spiro atoms. The second-order valence-corrected chi connectivity index (χ2v) is 4.83. The highest BCUT2D eigenvalue weighted by Gasteiger charge is 2.10. The van der Waals surface area contributed by atoms with Crippen molar-refractivity contribution in [2.45, 2.75) is 6.54 Å². The average Bonchev–Trinajstić information content (AvgIpc) is 2.44. The maximum atomic E-state index is 13.1. The van der Waals surface area contributed by atoms with Crippen LogP contribution in [0.25, 0.3) is 10.9 Å². The lowest BCUT2D eigenvalue weighted by Gasteiger charge is -2.13. The van der Waals surface area contributed by atoms with E-state index in [9.17, 15) is 18.8 Å². The van der Waals surface area contributed by atoms with Crippen LogP contribution in [-0.4, -0.2) is 35.4 Å². The van der Waals surface area contributed by atoms with E-state index < -0.39 is 23.3 Å². The van der Waals surface area contributed by atoms with Crippen molar-refractivity contribution in [1.82, 2.24) is 15.2 Å². The molecule has 0 atom stereocenters. The number of amides is 3. The Hall–Kier alpha value is -2.90. The number of carbonyl (C=O) groups is 2. The molecule has 0 aliphatic heterocycles. The van der Waals surface area contributed by atoms with Gasteiger partial charge in [0.15, 0.2) is 0 Å². The van der Waals surface area contributed by atoms with Crippen LogP contribution in [0.5, 0.6) is 0 Å². The fourth-order valence-corrected chi connectivity index (χ4v) is 1.89. The molecule has 0 radical (unpaired) electrons. The van der Waals surface area contributed by atoms with Gasteiger partial charge in [0.25, 0.3) is 5.56 Å². The summed E-state index contributed by atoms with van der Waals surface area (Å²) in [4.78, 5) is 37.9. The molecule has 7 nitrogen and oxygen atoms in total. The minimum atomic E-state index is -0.722. The van der Waals surface area contributed by atoms with Crippen molar-refractivity contribution in [3.63, 3.8) is 0 Å². The Morgan fingerprint density at radius 1 is 1.36 bits per heavy atom. The fraction of sp³-hybridized carbons (Fsp3) is 0.214. The normalized spacial score (nSPS) is 10.5. The third kappa shape index (κ3) is 3.60. The number of hydrogen-bond acceptors (Lipinski definition) is 3. The fourth-order valence-electron chi connectivity index (χ4n) is 1.89. The second-order valence-electron chi connectivity index (χ2n) is 4.83. The zero-order valence-electron chi connectivity index (χ0n) is 11.9. The summed E-state index contributed by atoms with van der Waals surface area (Å²) in [6, 6.07) is 4.89. The maximum absolute atomic E-state index is 13.1. The largest absolute Gasteiger partial charge is 0.351 e. The monoisotopic (exact) mass is 306 g/mol. The molecule has 0 saturated heterocycles. The van der Waals surface area contributed by atoms with Gasteiger partial charge in [0.2, 0.25) is 5.91 Å². The molecule has 0 fully saturated rings. The number of carbonyl (C=O) groups excluding carboxylic acids is 2.